The van der Waals surface area contributed by atoms with Crippen LogP contribution in [-0.2, 0) is 37.9 Å². The summed E-state index contributed by atoms with van der Waals surface area (Å²) in [5.74, 6) is -0.937. The molecule has 32 heteroatoms. The fraction of sp³-hybridized carbons (Fsp3) is 0.625. The Kier molecular flexibility index (Phi) is 30.8. The van der Waals surface area contributed by atoms with Crippen LogP contribution in [0, 0.1) is 0 Å². The third-order valence-electron chi connectivity index (χ3n) is 9.70. The molecule has 0 unspecified atom stereocenters. The maximum atomic E-state index is 13.0. The van der Waals surface area contributed by atoms with Crippen molar-refractivity contribution in [3.8, 4) is 34.1 Å². The van der Waals surface area contributed by atoms with Crippen molar-refractivity contribution in [3.05, 3.63) is 36.4 Å². The van der Waals surface area contributed by atoms with Gasteiger partial charge in [0.2, 0.25) is 23.8 Å². The van der Waals surface area contributed by atoms with E-state index in [1.54, 1.807) is 203 Å². The average molecular weight is 1360 g/mol. The second kappa shape index (κ2) is 35.8. The molecule has 96 heavy (non-hydrogen) atoms. The number of amides is 8. The Morgan fingerprint density at radius 2 is 0.490 bits per heavy atom. The second-order valence-corrected chi connectivity index (χ2v) is 28.6. The lowest BCUT2D eigenvalue weighted by atomic mass is 10.0. The Hall–Kier alpha value is -9.52. The number of nitrogens with zero attached hydrogens (tertiary/aromatic N) is 4. The number of rotatable bonds is 17. The number of alkyl carbamates (subject to hydrolysis) is 4. The molecule has 0 saturated heterocycles. The van der Waals surface area contributed by atoms with E-state index in [1.165, 1.54) is 0 Å². The highest BCUT2D eigenvalue weighted by atomic mass is 16.6. The highest BCUT2D eigenvalue weighted by Crippen LogP contribution is 2.45. The van der Waals surface area contributed by atoms with E-state index in [2.05, 4.69) is 62.5 Å². The topological polar surface area (TPSA) is 393 Å². The number of carbonyl (C=O) groups excluding carboxylic acids is 8. The summed E-state index contributed by atoms with van der Waals surface area (Å²) in [6.07, 6.45) is -7.83. The molecule has 0 heterocycles. The first kappa shape index (κ1) is 82.6. The number of benzene rings is 2. The molecule has 0 fully saturated rings. The quantitative estimate of drug-likeness (QED) is 0.0316. The minimum absolute atomic E-state index is 0.0749. The summed E-state index contributed by atoms with van der Waals surface area (Å²) in [7, 11) is 0. The van der Waals surface area contributed by atoms with Crippen LogP contribution in [0.5, 0.6) is 23.0 Å². The van der Waals surface area contributed by atoms with Gasteiger partial charge in [-0.15, -0.1) is 20.0 Å². The van der Waals surface area contributed by atoms with E-state index in [1.807, 2.05) is 0 Å². The minimum atomic E-state index is -1.03. The molecule has 0 aromatic heterocycles. The van der Waals surface area contributed by atoms with Gasteiger partial charge in [-0.25, -0.2) is 38.4 Å². The smallest absolute Gasteiger partial charge is 0.437 e. The molecule has 0 aliphatic heterocycles. The summed E-state index contributed by atoms with van der Waals surface area (Å²) in [6.45, 7) is 38.2. The molecular weight excluding hydrogens is 1260 g/mol. The van der Waals surface area contributed by atoms with Crippen molar-refractivity contribution in [1.82, 2.24) is 42.5 Å². The second-order valence-electron chi connectivity index (χ2n) is 28.6. The fourth-order valence-electron chi connectivity index (χ4n) is 6.84. The van der Waals surface area contributed by atoms with E-state index >= 15 is 0 Å². The zero-order valence-corrected chi connectivity index (χ0v) is 60.1. The van der Waals surface area contributed by atoms with E-state index in [-0.39, 0.29) is 99.4 Å². The minimum Gasteiger partial charge on any atom is -0.488 e. The average Bonchev–Trinajstić information content (AvgIpc) is 0.792. The van der Waals surface area contributed by atoms with Gasteiger partial charge in [0.1, 0.15) is 71.2 Å². The van der Waals surface area contributed by atoms with E-state index in [4.69, 9.17) is 56.8 Å². The maximum Gasteiger partial charge on any atom is 0.437 e. The Labute approximate surface area is 562 Å². The molecule has 538 valence electrons. The van der Waals surface area contributed by atoms with Gasteiger partial charge in [0.15, 0.2) is 23.0 Å². The van der Waals surface area contributed by atoms with Crippen LogP contribution < -0.4 is 61.5 Å². The first-order valence-electron chi connectivity index (χ1n) is 30.8. The molecule has 0 saturated carbocycles. The van der Waals surface area contributed by atoms with Crippen LogP contribution in [-0.4, -0.2) is 170 Å². The van der Waals surface area contributed by atoms with Crippen LogP contribution in [0.3, 0.4) is 0 Å². The SMILES string of the molecule is CC(C)(C)OC(=O)/N=C(/NCCOc1cccc(-c2cccc(OCCN/C(=N/C(=O)OC(C)(C)C)NC(=O)OC(C)(C)C)c2OCCN/C(=N/C(=O)OC(C)(C)C)NC(=O)OC(C)(C)C)c1OCCN/C(=N/C(=O)OC(C)(C)C)NC(=O)OC(C)(C)C)NC(=O)OC(C)(C)C. The van der Waals surface area contributed by atoms with Crippen LogP contribution in [0.4, 0.5) is 38.4 Å². The van der Waals surface area contributed by atoms with Crippen molar-refractivity contribution in [2.75, 3.05) is 52.6 Å². The predicted octanol–water partition coefficient (Wildman–Crippen LogP) is 10.5. The van der Waals surface area contributed by atoms with Crippen molar-refractivity contribution in [2.24, 2.45) is 20.0 Å². The van der Waals surface area contributed by atoms with E-state index in [9.17, 15) is 38.4 Å². The molecule has 0 bridgehead atoms. The van der Waals surface area contributed by atoms with Crippen molar-refractivity contribution in [1.29, 1.82) is 0 Å². The number of para-hydroxylation sites is 2. The molecule has 0 spiro atoms. The standard InChI is InChI=1S/C64H102N12O20/c1-57(2,3)89-49(77)69-45(70-50(78)90-58(4,5)6)65-31-35-85-41-29-25-27-39(43(41)87-37-33-67-47(73-53(81)93-61(13,14)15)74-54(82)94-62(16,17)18)40-28-26-30-42(86-36-32-66-46(71-51(79)91-59(7,8)9)72-52(80)92-60(10,11)12)44(40)88-38-34-68-48(75-55(83)95-63(19,20)21)76-56(84)96-64(22,23)24/h25-30H,31-38H2,1-24H3,(H2,65,69,70,77,78)(H2,66,71,72,79,80)(H2,67,73,74,81,82)(H2,68,75,76,83,84). The van der Waals surface area contributed by atoms with E-state index in [0.717, 1.165) is 0 Å². The van der Waals surface area contributed by atoms with Crippen LogP contribution >= 0.6 is 0 Å². The molecule has 32 nitrogen and oxygen atoms in total. The van der Waals surface area contributed by atoms with Gasteiger partial charge in [0, 0.05) is 11.1 Å². The molecule has 0 radical (unpaired) electrons. The van der Waals surface area contributed by atoms with Gasteiger partial charge in [0.25, 0.3) is 0 Å². The van der Waals surface area contributed by atoms with Gasteiger partial charge in [-0.1, -0.05) is 24.3 Å². The monoisotopic (exact) mass is 1360 g/mol. The highest BCUT2D eigenvalue weighted by Gasteiger charge is 2.27. The van der Waals surface area contributed by atoms with Crippen molar-refractivity contribution in [2.45, 2.75) is 211 Å². The van der Waals surface area contributed by atoms with Crippen molar-refractivity contribution < 1.29 is 95.2 Å². The Morgan fingerprint density at radius 1 is 0.292 bits per heavy atom. The Bertz CT molecular complexity index is 2900. The molecule has 2 aromatic rings. The summed E-state index contributed by atoms with van der Waals surface area (Å²) < 4.78 is 69.0. The molecule has 0 aliphatic rings. The van der Waals surface area contributed by atoms with Crippen LogP contribution in [0.2, 0.25) is 0 Å². The van der Waals surface area contributed by atoms with Gasteiger partial charge in [-0.05, 0) is 178 Å². The highest BCUT2D eigenvalue weighted by molar-refractivity contribution is 6.01. The number of hydrogen-bond acceptors (Lipinski definition) is 20. The molecule has 8 amide bonds. The summed E-state index contributed by atoms with van der Waals surface area (Å²) >= 11 is 0. The van der Waals surface area contributed by atoms with Gasteiger partial charge >= 0.3 is 48.7 Å². The van der Waals surface area contributed by atoms with Crippen LogP contribution in [0.25, 0.3) is 11.1 Å². The van der Waals surface area contributed by atoms with Gasteiger partial charge in [0.05, 0.1) is 26.2 Å². The molecule has 2 aromatic carbocycles. The Balaban J connectivity index is 2.93. The lowest BCUT2D eigenvalue weighted by molar-refractivity contribution is 0.0542. The van der Waals surface area contributed by atoms with Gasteiger partial charge in [-0.2, -0.15) is 0 Å². The zero-order chi connectivity index (χ0) is 73.3. The van der Waals surface area contributed by atoms with E-state index < -0.39 is 93.6 Å². The number of guanidine groups is 4. The molecular formula is C64H102N12O20. The third kappa shape index (κ3) is 39.2. The van der Waals surface area contributed by atoms with E-state index in [0.29, 0.717) is 11.1 Å². The molecule has 2 rings (SSSR count). The number of hydrogen-bond donors (Lipinski definition) is 8. The summed E-state index contributed by atoms with van der Waals surface area (Å²) in [4.78, 5) is 119. The lowest BCUT2D eigenvalue weighted by Gasteiger charge is -2.22. The predicted molar refractivity (Wildman–Crippen MR) is 358 cm³/mol. The third-order valence-corrected chi connectivity index (χ3v) is 9.70. The maximum absolute atomic E-state index is 13.0. The van der Waals surface area contributed by atoms with Gasteiger partial charge in [-0.3, -0.25) is 21.3 Å². The first-order chi connectivity index (χ1) is 43.8. The number of aliphatic imine (C=N–C) groups is 4. The van der Waals surface area contributed by atoms with Crippen LogP contribution in [0.1, 0.15) is 166 Å². The largest absolute Gasteiger partial charge is 0.488 e. The summed E-state index contributed by atoms with van der Waals surface area (Å²) in [6, 6.07) is 9.81. The lowest BCUT2D eigenvalue weighted by Crippen LogP contribution is -2.45. The fourth-order valence-corrected chi connectivity index (χ4v) is 6.84. The van der Waals surface area contributed by atoms with Gasteiger partial charge < -0.3 is 78.1 Å². The Morgan fingerprint density at radius 3 is 0.688 bits per heavy atom. The summed E-state index contributed by atoms with van der Waals surface area (Å²) in [5.41, 5.74) is -6.83. The normalized spacial score (nSPS) is 12.9. The number of ether oxygens (including phenoxy) is 12. The van der Waals surface area contributed by atoms with Crippen molar-refractivity contribution >= 4 is 72.6 Å². The van der Waals surface area contributed by atoms with Crippen molar-refractivity contribution in [3.63, 3.8) is 0 Å². The number of nitrogens with one attached hydrogen (secondary N) is 8. The zero-order valence-electron chi connectivity index (χ0n) is 60.1. The van der Waals surface area contributed by atoms with Crippen LogP contribution in [0.15, 0.2) is 56.4 Å². The summed E-state index contributed by atoms with van der Waals surface area (Å²) in [5, 5.41) is 21.2. The molecule has 8 N–H and O–H groups in total. The first-order valence-corrected chi connectivity index (χ1v) is 30.8. The molecule has 0 aliphatic carbocycles. The molecule has 0 atom stereocenters. The number of carbonyl (C=O) groups is 8.